The van der Waals surface area contributed by atoms with Gasteiger partial charge >= 0.3 is 6.09 Å². The van der Waals surface area contributed by atoms with Gasteiger partial charge < -0.3 is 19.9 Å². The highest BCUT2D eigenvalue weighted by Gasteiger charge is 2.24. The Kier molecular flexibility index (Phi) is 5.42. The lowest BCUT2D eigenvalue weighted by Crippen LogP contribution is -2.45. The van der Waals surface area contributed by atoms with Gasteiger partial charge in [0.05, 0.1) is 18.8 Å². The molecule has 1 amide bonds. The minimum atomic E-state index is -0.505. The minimum absolute atomic E-state index is 0.227. The van der Waals surface area contributed by atoms with Crippen molar-refractivity contribution >= 4 is 6.09 Å². The standard InChI is InChI=1S/C10H18NO4/c1-14-6-7-15-10(13)11-8-4-2-3-5-9(8)12/h4,8-9,12H,2-3,5-7H2,1H3,(H,11,13). The third kappa shape index (κ3) is 4.48. The number of ether oxygens (including phenoxy) is 2. The van der Waals surface area contributed by atoms with E-state index in [1.165, 1.54) is 0 Å². The van der Waals surface area contributed by atoms with Gasteiger partial charge in [0.25, 0.3) is 0 Å². The molecule has 1 fully saturated rings. The second-order valence-electron chi connectivity index (χ2n) is 3.53. The van der Waals surface area contributed by atoms with Crippen molar-refractivity contribution in [2.45, 2.75) is 31.4 Å². The Labute approximate surface area is 89.8 Å². The van der Waals surface area contributed by atoms with E-state index < -0.39 is 12.2 Å². The summed E-state index contributed by atoms with van der Waals surface area (Å²) in [5.41, 5.74) is 0. The lowest BCUT2D eigenvalue weighted by atomic mass is 9.93. The van der Waals surface area contributed by atoms with Gasteiger partial charge in [-0.15, -0.1) is 0 Å². The smallest absolute Gasteiger partial charge is 0.407 e. The van der Waals surface area contributed by atoms with E-state index in [-0.39, 0.29) is 12.6 Å². The first-order valence-corrected chi connectivity index (χ1v) is 5.17. The fourth-order valence-electron chi connectivity index (χ4n) is 1.51. The molecule has 0 heterocycles. The molecule has 1 aliphatic rings. The van der Waals surface area contributed by atoms with Crippen molar-refractivity contribution in [1.82, 2.24) is 5.32 Å². The summed E-state index contributed by atoms with van der Waals surface area (Å²) in [6.45, 7) is 0.607. The molecule has 0 saturated heterocycles. The van der Waals surface area contributed by atoms with Crippen molar-refractivity contribution in [1.29, 1.82) is 0 Å². The van der Waals surface area contributed by atoms with Crippen LogP contribution in [0.15, 0.2) is 0 Å². The van der Waals surface area contributed by atoms with E-state index in [1.807, 2.05) is 6.42 Å². The van der Waals surface area contributed by atoms with Gasteiger partial charge in [0.1, 0.15) is 6.61 Å². The molecule has 0 aliphatic heterocycles. The molecule has 87 valence electrons. The molecule has 0 aromatic carbocycles. The second-order valence-corrected chi connectivity index (χ2v) is 3.53. The molecule has 1 radical (unpaired) electrons. The van der Waals surface area contributed by atoms with Crippen molar-refractivity contribution in [3.63, 3.8) is 0 Å². The first kappa shape index (κ1) is 12.3. The van der Waals surface area contributed by atoms with Gasteiger partial charge in [-0.25, -0.2) is 4.79 Å². The largest absolute Gasteiger partial charge is 0.447 e. The Morgan fingerprint density at radius 2 is 2.40 bits per heavy atom. The number of alkyl carbamates (subject to hydrolysis) is 1. The van der Waals surface area contributed by atoms with Crippen molar-refractivity contribution in [3.05, 3.63) is 6.42 Å². The van der Waals surface area contributed by atoms with Crippen LogP contribution in [-0.2, 0) is 9.47 Å². The van der Waals surface area contributed by atoms with Crippen LogP contribution in [0.1, 0.15) is 19.3 Å². The quantitative estimate of drug-likeness (QED) is 0.671. The molecular formula is C10H18NO4. The predicted octanol–water partition coefficient (Wildman–Crippen LogP) is 0.477. The summed E-state index contributed by atoms with van der Waals surface area (Å²) in [5.74, 6) is 0. The maximum atomic E-state index is 11.2. The average molecular weight is 216 g/mol. The topological polar surface area (TPSA) is 67.8 Å². The highest BCUT2D eigenvalue weighted by atomic mass is 16.6. The fourth-order valence-corrected chi connectivity index (χ4v) is 1.51. The van der Waals surface area contributed by atoms with Gasteiger partial charge in [0.2, 0.25) is 0 Å². The van der Waals surface area contributed by atoms with Crippen LogP contribution in [-0.4, -0.2) is 43.7 Å². The maximum absolute atomic E-state index is 11.2. The lowest BCUT2D eigenvalue weighted by Gasteiger charge is -2.27. The molecule has 5 heteroatoms. The van der Waals surface area contributed by atoms with Gasteiger partial charge in [0, 0.05) is 7.11 Å². The van der Waals surface area contributed by atoms with E-state index in [1.54, 1.807) is 7.11 Å². The SMILES string of the molecule is COCCOC(=O)NC1[CH]CCCC1O. The molecule has 0 aromatic heterocycles. The number of carbonyl (C=O) groups is 1. The Morgan fingerprint density at radius 3 is 3.07 bits per heavy atom. The summed E-state index contributed by atoms with van der Waals surface area (Å²) in [5, 5.41) is 12.2. The van der Waals surface area contributed by atoms with E-state index in [0.717, 1.165) is 19.3 Å². The lowest BCUT2D eigenvalue weighted by molar-refractivity contribution is 0.0799. The number of nitrogens with one attached hydrogen (secondary N) is 1. The summed E-state index contributed by atoms with van der Waals surface area (Å²) in [6.07, 6.45) is 3.52. The van der Waals surface area contributed by atoms with E-state index in [0.29, 0.717) is 6.61 Å². The molecule has 2 unspecified atom stereocenters. The van der Waals surface area contributed by atoms with Crippen LogP contribution in [0.25, 0.3) is 0 Å². The van der Waals surface area contributed by atoms with Crippen LogP contribution in [0, 0.1) is 6.42 Å². The summed E-state index contributed by atoms with van der Waals surface area (Å²) in [4.78, 5) is 11.2. The molecule has 2 N–H and O–H groups in total. The average Bonchev–Trinajstić information content (AvgIpc) is 2.22. The van der Waals surface area contributed by atoms with E-state index in [2.05, 4.69) is 5.32 Å². The zero-order chi connectivity index (χ0) is 11.1. The van der Waals surface area contributed by atoms with Crippen molar-refractivity contribution in [2.24, 2.45) is 0 Å². The second kappa shape index (κ2) is 6.63. The summed E-state index contributed by atoms with van der Waals surface area (Å²) in [7, 11) is 1.54. The number of amides is 1. The predicted molar refractivity (Wildman–Crippen MR) is 54.3 cm³/mol. The monoisotopic (exact) mass is 216 g/mol. The van der Waals surface area contributed by atoms with Crippen LogP contribution < -0.4 is 5.32 Å². The maximum Gasteiger partial charge on any atom is 0.407 e. The molecule has 1 saturated carbocycles. The zero-order valence-electron chi connectivity index (χ0n) is 8.94. The van der Waals surface area contributed by atoms with Crippen LogP contribution in [0.3, 0.4) is 0 Å². The number of aliphatic hydroxyl groups is 1. The number of carbonyl (C=O) groups excluding carboxylic acids is 1. The summed E-state index contributed by atoms with van der Waals surface area (Å²) >= 11 is 0. The zero-order valence-corrected chi connectivity index (χ0v) is 8.94. The molecule has 0 bridgehead atoms. The molecule has 0 aromatic rings. The van der Waals surface area contributed by atoms with E-state index in [4.69, 9.17) is 9.47 Å². The van der Waals surface area contributed by atoms with Crippen molar-refractivity contribution in [2.75, 3.05) is 20.3 Å². The highest BCUT2D eigenvalue weighted by molar-refractivity contribution is 5.67. The number of rotatable bonds is 4. The fraction of sp³-hybridized carbons (Fsp3) is 0.800. The molecule has 2 atom stereocenters. The molecular weight excluding hydrogens is 198 g/mol. The summed E-state index contributed by atoms with van der Waals surface area (Å²) in [6, 6.07) is -0.284. The van der Waals surface area contributed by atoms with Gasteiger partial charge in [-0.2, -0.15) is 0 Å². The van der Waals surface area contributed by atoms with Crippen LogP contribution in [0.2, 0.25) is 0 Å². The molecule has 1 rings (SSSR count). The molecule has 0 spiro atoms. The van der Waals surface area contributed by atoms with Crippen molar-refractivity contribution < 1.29 is 19.4 Å². The number of aliphatic hydroxyl groups excluding tert-OH is 1. The Bertz CT molecular complexity index is 198. The third-order valence-electron chi connectivity index (χ3n) is 2.34. The number of hydrogen-bond acceptors (Lipinski definition) is 4. The van der Waals surface area contributed by atoms with Gasteiger partial charge in [-0.1, -0.05) is 6.42 Å². The van der Waals surface area contributed by atoms with Crippen molar-refractivity contribution in [3.8, 4) is 0 Å². The van der Waals surface area contributed by atoms with Gasteiger partial charge in [-0.3, -0.25) is 0 Å². The minimum Gasteiger partial charge on any atom is -0.447 e. The Hall–Kier alpha value is -0.810. The van der Waals surface area contributed by atoms with E-state index in [9.17, 15) is 9.90 Å². The molecule has 15 heavy (non-hydrogen) atoms. The first-order chi connectivity index (χ1) is 7.24. The van der Waals surface area contributed by atoms with Gasteiger partial charge in [0.15, 0.2) is 0 Å². The van der Waals surface area contributed by atoms with E-state index >= 15 is 0 Å². The Balaban J connectivity index is 2.18. The Morgan fingerprint density at radius 1 is 1.60 bits per heavy atom. The van der Waals surface area contributed by atoms with Crippen LogP contribution in [0.5, 0.6) is 0 Å². The summed E-state index contributed by atoms with van der Waals surface area (Å²) < 4.78 is 9.57. The first-order valence-electron chi connectivity index (χ1n) is 5.17. The van der Waals surface area contributed by atoms with Crippen LogP contribution >= 0.6 is 0 Å². The molecule has 5 nitrogen and oxygen atoms in total. The normalized spacial score (nSPS) is 26.0. The number of methoxy groups -OCH3 is 1. The highest BCUT2D eigenvalue weighted by Crippen LogP contribution is 2.17. The molecule has 1 aliphatic carbocycles. The van der Waals surface area contributed by atoms with Crippen LogP contribution in [0.4, 0.5) is 4.79 Å². The van der Waals surface area contributed by atoms with Gasteiger partial charge in [-0.05, 0) is 19.3 Å². The third-order valence-corrected chi connectivity index (χ3v) is 2.34. The number of hydrogen-bond donors (Lipinski definition) is 2.